The highest BCUT2D eigenvalue weighted by atomic mass is 16.1. The zero-order valence-electron chi connectivity index (χ0n) is 13.2. The van der Waals surface area contributed by atoms with Gasteiger partial charge < -0.3 is 15.5 Å². The summed E-state index contributed by atoms with van der Waals surface area (Å²) < 4.78 is 0. The van der Waals surface area contributed by atoms with Gasteiger partial charge in [-0.3, -0.25) is 4.79 Å². The number of carbonyl (C=O) groups excluding carboxylic acids is 1. The van der Waals surface area contributed by atoms with Gasteiger partial charge in [-0.2, -0.15) is 0 Å². The summed E-state index contributed by atoms with van der Waals surface area (Å²) in [5.74, 6) is 0.00615. The summed E-state index contributed by atoms with van der Waals surface area (Å²) in [4.78, 5) is 14.7. The number of hydrogen-bond donors (Lipinski definition) is 2. The van der Waals surface area contributed by atoms with Crippen molar-refractivity contribution in [1.29, 1.82) is 0 Å². The highest BCUT2D eigenvalue weighted by molar-refractivity contribution is 5.99. The van der Waals surface area contributed by atoms with Gasteiger partial charge in [-0.15, -0.1) is 0 Å². The third kappa shape index (κ3) is 4.46. The second-order valence-electron chi connectivity index (χ2n) is 5.79. The number of nitrogens with zero attached hydrogens (tertiary/aromatic N) is 1. The Hall–Kier alpha value is -1.55. The Morgan fingerprint density at radius 3 is 2.90 bits per heavy atom. The van der Waals surface area contributed by atoms with Crippen molar-refractivity contribution in [1.82, 2.24) is 10.2 Å². The minimum absolute atomic E-state index is 0.00615. The molecule has 1 fully saturated rings. The fraction of sp³-hybridized carbons (Fsp3) is 0.588. The van der Waals surface area contributed by atoms with Gasteiger partial charge in [0.05, 0.1) is 5.56 Å². The molecule has 4 heteroatoms. The normalized spacial score (nSPS) is 19.2. The number of piperidine rings is 1. The zero-order valence-corrected chi connectivity index (χ0v) is 13.2. The molecule has 1 atom stereocenters. The molecule has 1 unspecified atom stereocenters. The monoisotopic (exact) mass is 289 g/mol. The maximum atomic E-state index is 12.2. The third-order valence-corrected chi connectivity index (χ3v) is 4.29. The van der Waals surface area contributed by atoms with Crippen molar-refractivity contribution in [3.63, 3.8) is 0 Å². The molecule has 1 saturated heterocycles. The first-order valence-electron chi connectivity index (χ1n) is 8.01. The lowest BCUT2D eigenvalue weighted by atomic mass is 10.0. The summed E-state index contributed by atoms with van der Waals surface area (Å²) in [6, 6.07) is 8.29. The van der Waals surface area contributed by atoms with E-state index in [-0.39, 0.29) is 5.91 Å². The van der Waals surface area contributed by atoms with Crippen LogP contribution in [-0.4, -0.2) is 43.5 Å². The van der Waals surface area contributed by atoms with Crippen molar-refractivity contribution in [3.8, 4) is 0 Å². The lowest BCUT2D eigenvalue weighted by Crippen LogP contribution is -2.39. The molecule has 0 bridgehead atoms. The molecule has 0 aliphatic carbocycles. The van der Waals surface area contributed by atoms with Gasteiger partial charge in [0.2, 0.25) is 0 Å². The Balaban J connectivity index is 1.74. The molecule has 2 rings (SSSR count). The van der Waals surface area contributed by atoms with Crippen LogP contribution in [0.3, 0.4) is 0 Å². The largest absolute Gasteiger partial charge is 0.387 e. The number of nitrogens with one attached hydrogen (secondary N) is 2. The van der Waals surface area contributed by atoms with Crippen molar-refractivity contribution in [2.45, 2.75) is 38.6 Å². The smallest absolute Gasteiger partial charge is 0.253 e. The van der Waals surface area contributed by atoms with Crippen LogP contribution in [0.1, 0.15) is 43.0 Å². The first-order chi connectivity index (χ1) is 10.2. The Morgan fingerprint density at radius 1 is 1.33 bits per heavy atom. The number of para-hydroxylation sites is 1. The predicted molar refractivity (Wildman–Crippen MR) is 87.8 cm³/mol. The summed E-state index contributed by atoms with van der Waals surface area (Å²) in [6.07, 6.45) is 4.99. The molecule has 1 aliphatic heterocycles. The molecule has 0 radical (unpaired) electrons. The number of likely N-dealkylation sites (tertiary alicyclic amines) is 1. The quantitative estimate of drug-likeness (QED) is 0.792. The van der Waals surface area contributed by atoms with Crippen LogP contribution in [0.2, 0.25) is 0 Å². The van der Waals surface area contributed by atoms with E-state index in [1.807, 2.05) is 31.3 Å². The van der Waals surface area contributed by atoms with Gasteiger partial charge in [-0.05, 0) is 44.9 Å². The lowest BCUT2D eigenvalue weighted by molar-refractivity contribution is 0.0949. The molecule has 21 heavy (non-hydrogen) atoms. The maximum Gasteiger partial charge on any atom is 0.253 e. The summed E-state index contributed by atoms with van der Waals surface area (Å²) in [5, 5.41) is 6.08. The molecule has 0 saturated carbocycles. The van der Waals surface area contributed by atoms with E-state index in [1.165, 1.54) is 25.8 Å². The molecule has 1 aromatic rings. The van der Waals surface area contributed by atoms with Crippen LogP contribution in [0, 0.1) is 0 Å². The number of anilines is 1. The SMILES string of the molecule is CNc1ccccc1C(=O)NCCCN1CCCCC1C. The highest BCUT2D eigenvalue weighted by Crippen LogP contribution is 2.16. The van der Waals surface area contributed by atoms with E-state index in [0.29, 0.717) is 11.6 Å². The van der Waals surface area contributed by atoms with Gasteiger partial charge in [0.25, 0.3) is 5.91 Å². The molecular weight excluding hydrogens is 262 g/mol. The van der Waals surface area contributed by atoms with Gasteiger partial charge in [-0.25, -0.2) is 0 Å². The summed E-state index contributed by atoms with van der Waals surface area (Å²) in [6.45, 7) is 5.33. The molecule has 2 N–H and O–H groups in total. The summed E-state index contributed by atoms with van der Waals surface area (Å²) >= 11 is 0. The van der Waals surface area contributed by atoms with Gasteiger partial charge >= 0.3 is 0 Å². The second kappa shape index (κ2) is 8.03. The molecule has 1 amide bonds. The fourth-order valence-corrected chi connectivity index (χ4v) is 2.97. The minimum Gasteiger partial charge on any atom is -0.387 e. The van der Waals surface area contributed by atoms with Crippen LogP contribution in [0.15, 0.2) is 24.3 Å². The Bertz CT molecular complexity index is 461. The van der Waals surface area contributed by atoms with Gasteiger partial charge in [-0.1, -0.05) is 18.6 Å². The topological polar surface area (TPSA) is 44.4 Å². The second-order valence-corrected chi connectivity index (χ2v) is 5.79. The lowest BCUT2D eigenvalue weighted by Gasteiger charge is -2.33. The van der Waals surface area contributed by atoms with Crippen LogP contribution >= 0.6 is 0 Å². The van der Waals surface area contributed by atoms with E-state index in [4.69, 9.17) is 0 Å². The van der Waals surface area contributed by atoms with Crippen molar-refractivity contribution >= 4 is 11.6 Å². The van der Waals surface area contributed by atoms with Crippen LogP contribution < -0.4 is 10.6 Å². The molecule has 4 nitrogen and oxygen atoms in total. The van der Waals surface area contributed by atoms with E-state index < -0.39 is 0 Å². The standard InChI is InChI=1S/C17H27N3O/c1-14-8-5-6-12-20(14)13-7-11-19-17(21)15-9-3-4-10-16(15)18-2/h3-4,9-10,14,18H,5-8,11-13H2,1-2H3,(H,19,21). The maximum absolute atomic E-state index is 12.2. The van der Waals surface area contributed by atoms with E-state index >= 15 is 0 Å². The van der Waals surface area contributed by atoms with Crippen molar-refractivity contribution in [2.75, 3.05) is 32.0 Å². The van der Waals surface area contributed by atoms with Gasteiger partial charge in [0.15, 0.2) is 0 Å². The van der Waals surface area contributed by atoms with E-state index in [9.17, 15) is 4.79 Å². The molecule has 0 aromatic heterocycles. The first kappa shape index (κ1) is 15.8. The number of hydrogen-bond acceptors (Lipinski definition) is 3. The zero-order chi connectivity index (χ0) is 15.1. The van der Waals surface area contributed by atoms with Crippen LogP contribution in [0.4, 0.5) is 5.69 Å². The van der Waals surface area contributed by atoms with E-state index in [0.717, 1.165) is 25.2 Å². The fourth-order valence-electron chi connectivity index (χ4n) is 2.97. The molecule has 116 valence electrons. The van der Waals surface area contributed by atoms with E-state index in [1.54, 1.807) is 0 Å². The van der Waals surface area contributed by atoms with Gasteiger partial charge in [0.1, 0.15) is 0 Å². The molecule has 0 spiro atoms. The van der Waals surface area contributed by atoms with Gasteiger partial charge in [0, 0.05) is 31.9 Å². The Labute approximate surface area is 127 Å². The molecular formula is C17H27N3O. The average Bonchev–Trinajstić information content (AvgIpc) is 2.52. The highest BCUT2D eigenvalue weighted by Gasteiger charge is 2.17. The Morgan fingerprint density at radius 2 is 2.14 bits per heavy atom. The minimum atomic E-state index is 0.00615. The third-order valence-electron chi connectivity index (χ3n) is 4.29. The molecule has 1 heterocycles. The average molecular weight is 289 g/mol. The Kier molecular flexibility index (Phi) is 6.05. The number of carbonyl (C=O) groups is 1. The van der Waals surface area contributed by atoms with Crippen LogP contribution in [0.25, 0.3) is 0 Å². The van der Waals surface area contributed by atoms with Crippen LogP contribution in [0.5, 0.6) is 0 Å². The number of amides is 1. The first-order valence-corrected chi connectivity index (χ1v) is 8.01. The van der Waals surface area contributed by atoms with Crippen molar-refractivity contribution < 1.29 is 4.79 Å². The molecule has 1 aliphatic rings. The summed E-state index contributed by atoms with van der Waals surface area (Å²) in [7, 11) is 1.84. The predicted octanol–water partition coefficient (Wildman–Crippen LogP) is 2.72. The van der Waals surface area contributed by atoms with E-state index in [2.05, 4.69) is 22.5 Å². The number of rotatable bonds is 6. The van der Waals surface area contributed by atoms with Crippen molar-refractivity contribution in [3.05, 3.63) is 29.8 Å². The molecule has 1 aromatic carbocycles. The number of benzene rings is 1. The van der Waals surface area contributed by atoms with Crippen molar-refractivity contribution in [2.24, 2.45) is 0 Å². The van der Waals surface area contributed by atoms with Crippen LogP contribution in [-0.2, 0) is 0 Å². The summed E-state index contributed by atoms with van der Waals surface area (Å²) in [5.41, 5.74) is 1.59.